The number of aliphatic hydroxyl groups is 1. The number of aryl methyl sites for hydroxylation is 1. The van der Waals surface area contributed by atoms with E-state index in [2.05, 4.69) is 11.9 Å². The highest BCUT2D eigenvalue weighted by atomic mass is 33.1. The SMILES string of the molecule is C=C1OCc2c(cc3n(c2=O)Cc2c-3nc3ccc(OC(=O)OCc4ccc(SSC[C@H](NC(=O)[C@@H](N)CC(=O)O)C(=O)O)cc4)cc3c2CC)[C@@]1(O)CC. The number of carboxylic acid groups (broad SMARTS) is 2. The molecule has 0 fully saturated rings. The maximum atomic E-state index is 13.7. The lowest BCUT2D eigenvalue weighted by Gasteiger charge is -2.35. The molecule has 0 saturated heterocycles. The van der Waals surface area contributed by atoms with Gasteiger partial charge < -0.3 is 45.1 Å². The second kappa shape index (κ2) is 16.2. The Morgan fingerprint density at radius 1 is 1.11 bits per heavy atom. The van der Waals surface area contributed by atoms with Crippen molar-refractivity contribution in [2.75, 3.05) is 5.75 Å². The van der Waals surface area contributed by atoms with E-state index in [0.717, 1.165) is 21.4 Å². The topological polar surface area (TPSA) is 230 Å². The first kappa shape index (κ1) is 39.3. The fourth-order valence-electron chi connectivity index (χ4n) is 6.54. The summed E-state index contributed by atoms with van der Waals surface area (Å²) in [5, 5.41) is 32.7. The van der Waals surface area contributed by atoms with Gasteiger partial charge in [0.1, 0.15) is 36.4 Å². The zero-order chi connectivity index (χ0) is 39.6. The monoisotopic (exact) mass is 790 g/mol. The molecule has 2 aromatic carbocycles. The standard InChI is InChI=1S/C38H38N4O11S2/c1-4-23-24-12-21(8-11-29(24)40-33-25(23)15-42-31(33)13-27-26(35(42)46)17-51-19(3)38(27,50)5-2)53-37(49)52-16-20-6-9-22(10-7-20)55-54-18-30(36(47)48)41-34(45)28(39)14-32(43)44/h6-13,28,30,50H,3-5,14-18,39H2,1-2H3,(H,41,45)(H,43,44)(H,47,48)/t28-,30-,38+/m0/s1. The van der Waals surface area contributed by atoms with Crippen LogP contribution in [0.3, 0.4) is 0 Å². The summed E-state index contributed by atoms with van der Waals surface area (Å²) in [7, 11) is 2.44. The molecule has 288 valence electrons. The third-order valence-electron chi connectivity index (χ3n) is 9.51. The fourth-order valence-corrected chi connectivity index (χ4v) is 8.70. The molecule has 4 heterocycles. The van der Waals surface area contributed by atoms with E-state index in [1.807, 2.05) is 13.0 Å². The van der Waals surface area contributed by atoms with Gasteiger partial charge in [-0.15, -0.1) is 0 Å². The molecule has 2 aliphatic heterocycles. The number of nitrogens with one attached hydrogen (secondary N) is 1. The lowest BCUT2D eigenvalue weighted by Crippen LogP contribution is -2.50. The van der Waals surface area contributed by atoms with Crippen LogP contribution in [0.4, 0.5) is 4.79 Å². The Morgan fingerprint density at radius 3 is 2.53 bits per heavy atom. The second-order valence-corrected chi connectivity index (χ2v) is 15.4. The van der Waals surface area contributed by atoms with E-state index in [0.29, 0.717) is 46.6 Å². The summed E-state index contributed by atoms with van der Waals surface area (Å²) in [5.74, 6) is -2.97. The number of carbonyl (C=O) groups excluding carboxylic acids is 2. The van der Waals surface area contributed by atoms with Crippen molar-refractivity contribution in [1.29, 1.82) is 0 Å². The van der Waals surface area contributed by atoms with Gasteiger partial charge in [-0.25, -0.2) is 14.6 Å². The molecule has 0 bridgehead atoms. The van der Waals surface area contributed by atoms with E-state index in [1.165, 1.54) is 21.6 Å². The highest BCUT2D eigenvalue weighted by Gasteiger charge is 2.41. The molecule has 0 radical (unpaired) electrons. The molecule has 4 aromatic rings. The Labute approximate surface area is 322 Å². The minimum Gasteiger partial charge on any atom is -0.490 e. The van der Waals surface area contributed by atoms with Gasteiger partial charge in [-0.3, -0.25) is 14.4 Å². The van der Waals surface area contributed by atoms with Gasteiger partial charge in [0.05, 0.1) is 41.5 Å². The predicted octanol–water partition coefficient (Wildman–Crippen LogP) is 4.46. The van der Waals surface area contributed by atoms with E-state index in [-0.39, 0.29) is 42.5 Å². The fraction of sp³-hybridized carbons (Fsp3) is 0.316. The highest BCUT2D eigenvalue weighted by Crippen LogP contribution is 2.43. The number of amides is 1. The number of carbonyl (C=O) groups is 4. The molecule has 55 heavy (non-hydrogen) atoms. The predicted molar refractivity (Wildman–Crippen MR) is 203 cm³/mol. The van der Waals surface area contributed by atoms with Gasteiger partial charge in [-0.2, -0.15) is 0 Å². The van der Waals surface area contributed by atoms with Gasteiger partial charge >= 0.3 is 18.1 Å². The molecule has 0 unspecified atom stereocenters. The van der Waals surface area contributed by atoms with Crippen LogP contribution in [-0.2, 0) is 55.6 Å². The van der Waals surface area contributed by atoms with Crippen LogP contribution in [0, 0.1) is 0 Å². The number of fused-ring (bicyclic) bond motifs is 5. The number of carboxylic acids is 2. The van der Waals surface area contributed by atoms with Crippen molar-refractivity contribution in [3.63, 3.8) is 0 Å². The largest absolute Gasteiger partial charge is 0.514 e. The Kier molecular flexibility index (Phi) is 11.6. The van der Waals surface area contributed by atoms with Crippen LogP contribution in [0.15, 0.2) is 70.6 Å². The lowest BCUT2D eigenvalue weighted by atomic mass is 9.84. The number of nitrogens with zero attached hydrogens (tertiary/aromatic N) is 2. The number of hydrogen-bond donors (Lipinski definition) is 5. The summed E-state index contributed by atoms with van der Waals surface area (Å²) >= 11 is 0. The summed E-state index contributed by atoms with van der Waals surface area (Å²) in [4.78, 5) is 66.5. The first-order valence-electron chi connectivity index (χ1n) is 17.2. The van der Waals surface area contributed by atoms with Crippen molar-refractivity contribution in [2.24, 2.45) is 5.73 Å². The molecule has 2 aliphatic rings. The van der Waals surface area contributed by atoms with Crippen molar-refractivity contribution in [2.45, 2.75) is 75.4 Å². The third-order valence-corrected chi connectivity index (χ3v) is 11.9. The molecule has 3 atom stereocenters. The molecular formula is C38H38N4O11S2. The van der Waals surface area contributed by atoms with Crippen LogP contribution in [-0.4, -0.2) is 66.7 Å². The van der Waals surface area contributed by atoms with Gasteiger partial charge in [-0.1, -0.05) is 54.1 Å². The van der Waals surface area contributed by atoms with E-state index in [9.17, 15) is 34.2 Å². The molecule has 15 nitrogen and oxygen atoms in total. The van der Waals surface area contributed by atoms with Gasteiger partial charge in [0.25, 0.3) is 5.56 Å². The van der Waals surface area contributed by atoms with Crippen molar-refractivity contribution in [3.05, 3.63) is 99.0 Å². The molecule has 1 amide bonds. The average molecular weight is 791 g/mol. The maximum absolute atomic E-state index is 13.7. The van der Waals surface area contributed by atoms with Crippen LogP contribution in [0.25, 0.3) is 22.3 Å². The number of rotatable bonds is 14. The minimum atomic E-state index is -1.49. The summed E-state index contributed by atoms with van der Waals surface area (Å²) in [6, 6.07) is 11.3. The van der Waals surface area contributed by atoms with Crippen molar-refractivity contribution in [3.8, 4) is 17.1 Å². The smallest absolute Gasteiger partial charge is 0.490 e. The molecule has 0 aliphatic carbocycles. The molecule has 0 saturated carbocycles. The molecule has 0 spiro atoms. The van der Waals surface area contributed by atoms with Crippen LogP contribution >= 0.6 is 21.6 Å². The Bertz CT molecular complexity index is 2280. The van der Waals surface area contributed by atoms with Crippen LogP contribution in [0.2, 0.25) is 0 Å². The van der Waals surface area contributed by atoms with Crippen LogP contribution in [0.1, 0.15) is 54.5 Å². The number of nitrogens with two attached hydrogens (primary N) is 1. The third kappa shape index (κ3) is 8.05. The van der Waals surface area contributed by atoms with E-state index >= 15 is 0 Å². The van der Waals surface area contributed by atoms with Crippen molar-refractivity contribution >= 4 is 56.5 Å². The zero-order valence-corrected chi connectivity index (χ0v) is 31.5. The summed E-state index contributed by atoms with van der Waals surface area (Å²) < 4.78 is 18.1. The van der Waals surface area contributed by atoms with Crippen LogP contribution in [0.5, 0.6) is 5.75 Å². The first-order chi connectivity index (χ1) is 26.2. The molecule has 2 aromatic heterocycles. The summed E-state index contributed by atoms with van der Waals surface area (Å²) in [6.07, 6.45) is -0.637. The normalized spacial score (nSPS) is 16.6. The van der Waals surface area contributed by atoms with Crippen LogP contribution < -0.4 is 21.3 Å². The number of aliphatic carboxylic acids is 2. The first-order valence-corrected chi connectivity index (χ1v) is 19.6. The Hall–Kier alpha value is -5.36. The molecule has 6 N–H and O–H groups in total. The second-order valence-electron chi connectivity index (χ2n) is 12.9. The summed E-state index contributed by atoms with van der Waals surface area (Å²) in [5.41, 5.74) is 9.08. The van der Waals surface area contributed by atoms with Crippen molar-refractivity contribution < 1.29 is 48.7 Å². The maximum Gasteiger partial charge on any atom is 0.514 e. The van der Waals surface area contributed by atoms with E-state index in [1.54, 1.807) is 54.0 Å². The molecule has 17 heteroatoms. The number of benzene rings is 2. The average Bonchev–Trinajstić information content (AvgIpc) is 3.52. The van der Waals surface area contributed by atoms with Crippen molar-refractivity contribution in [1.82, 2.24) is 14.9 Å². The molecular weight excluding hydrogens is 753 g/mol. The number of aromatic nitrogens is 2. The minimum absolute atomic E-state index is 0.0124. The number of ether oxygens (including phenoxy) is 3. The Balaban J connectivity index is 1.08. The quantitative estimate of drug-likeness (QED) is 0.0594. The van der Waals surface area contributed by atoms with Gasteiger partial charge in [0, 0.05) is 27.2 Å². The highest BCUT2D eigenvalue weighted by molar-refractivity contribution is 8.76. The van der Waals surface area contributed by atoms with Gasteiger partial charge in [-0.05, 0) is 60.4 Å². The number of pyridine rings is 2. The summed E-state index contributed by atoms with van der Waals surface area (Å²) in [6.45, 7) is 7.94. The van der Waals surface area contributed by atoms with E-state index in [4.69, 9.17) is 30.0 Å². The lowest BCUT2D eigenvalue weighted by molar-refractivity contribution is -0.142. The molecule has 6 rings (SSSR count). The van der Waals surface area contributed by atoms with Gasteiger partial charge in [0.15, 0.2) is 0 Å². The zero-order valence-electron chi connectivity index (χ0n) is 29.8. The van der Waals surface area contributed by atoms with Gasteiger partial charge in [0.2, 0.25) is 5.91 Å². The van der Waals surface area contributed by atoms with E-state index < -0.39 is 48.1 Å². The Morgan fingerprint density at radius 2 is 1.85 bits per heavy atom. The number of hydrogen-bond acceptors (Lipinski definition) is 13.